The van der Waals surface area contributed by atoms with Crippen LogP contribution in [0.4, 0.5) is 5.13 Å². The van der Waals surface area contributed by atoms with Crippen molar-refractivity contribution in [3.8, 4) is 0 Å². The molecule has 0 saturated carbocycles. The first kappa shape index (κ1) is 13.8. The van der Waals surface area contributed by atoms with Gasteiger partial charge in [0.05, 0.1) is 12.2 Å². The van der Waals surface area contributed by atoms with E-state index in [0.717, 1.165) is 10.8 Å². The normalized spacial score (nSPS) is 12.6. The van der Waals surface area contributed by atoms with Gasteiger partial charge in [0.15, 0.2) is 11.1 Å². The molecule has 0 aliphatic heterocycles. The molecule has 0 bridgehead atoms. The summed E-state index contributed by atoms with van der Waals surface area (Å²) in [5, 5.41) is 6.10. The molecule has 0 spiro atoms. The largest absolute Gasteiger partial charge is 0.370 e. The molecule has 0 aliphatic rings. The summed E-state index contributed by atoms with van der Waals surface area (Å²) in [6.07, 6.45) is 0. The first-order valence-electron chi connectivity index (χ1n) is 5.48. The van der Waals surface area contributed by atoms with E-state index in [9.17, 15) is 0 Å². The summed E-state index contributed by atoms with van der Waals surface area (Å²) in [6, 6.07) is 0. The summed E-state index contributed by atoms with van der Waals surface area (Å²) in [5.74, 6) is 0.455. The molecule has 0 aliphatic carbocycles. The van der Waals surface area contributed by atoms with E-state index in [2.05, 4.69) is 15.3 Å². The van der Waals surface area contributed by atoms with Crippen LogP contribution in [0.25, 0.3) is 0 Å². The fraction of sp³-hybridized carbons (Fsp3) is 0.636. The Labute approximate surface area is 107 Å². The maximum atomic E-state index is 5.78. The second kappa shape index (κ2) is 5.35. The van der Waals surface area contributed by atoms with E-state index >= 15 is 0 Å². The molecule has 6 heteroatoms. The van der Waals surface area contributed by atoms with Crippen molar-refractivity contribution in [2.75, 3.05) is 19.0 Å². The zero-order chi connectivity index (χ0) is 13.1. The minimum atomic E-state index is -0.0650. The number of nitrogens with zero attached hydrogens (tertiary/aromatic N) is 3. The minimum Gasteiger partial charge on any atom is -0.370 e. The van der Waals surface area contributed by atoms with Gasteiger partial charge in [-0.2, -0.15) is 0 Å². The van der Waals surface area contributed by atoms with Crippen LogP contribution < -0.4 is 16.0 Å². The third-order valence-corrected chi connectivity index (χ3v) is 2.89. The van der Waals surface area contributed by atoms with Gasteiger partial charge in [-0.05, 0) is 20.8 Å². The molecule has 1 aromatic heterocycles. The zero-order valence-corrected chi connectivity index (χ0v) is 11.9. The Hall–Kier alpha value is -1.30. The lowest BCUT2D eigenvalue weighted by atomic mass is 10.1. The van der Waals surface area contributed by atoms with Crippen LogP contribution in [0.3, 0.4) is 0 Å². The van der Waals surface area contributed by atoms with Crippen molar-refractivity contribution in [1.82, 2.24) is 10.3 Å². The van der Waals surface area contributed by atoms with Crippen LogP contribution in [0.1, 0.15) is 26.5 Å². The van der Waals surface area contributed by atoms with E-state index in [4.69, 9.17) is 5.73 Å². The molecule has 17 heavy (non-hydrogen) atoms. The number of guanidine groups is 1. The van der Waals surface area contributed by atoms with E-state index in [1.807, 2.05) is 45.1 Å². The summed E-state index contributed by atoms with van der Waals surface area (Å²) >= 11 is 1.61. The molecule has 0 radical (unpaired) electrons. The van der Waals surface area contributed by atoms with Gasteiger partial charge in [-0.25, -0.2) is 9.98 Å². The highest BCUT2D eigenvalue weighted by molar-refractivity contribution is 7.13. The van der Waals surface area contributed by atoms with Gasteiger partial charge in [0.25, 0.3) is 0 Å². The highest BCUT2D eigenvalue weighted by Crippen LogP contribution is 2.18. The summed E-state index contributed by atoms with van der Waals surface area (Å²) < 4.78 is 0. The van der Waals surface area contributed by atoms with Crippen molar-refractivity contribution >= 4 is 22.4 Å². The molecule has 3 N–H and O–H groups in total. The number of thiazole rings is 1. The van der Waals surface area contributed by atoms with Crippen LogP contribution in [0, 0.1) is 0 Å². The summed E-state index contributed by atoms with van der Waals surface area (Å²) in [6.45, 7) is 6.65. The summed E-state index contributed by atoms with van der Waals surface area (Å²) in [5.41, 5.74) is 6.66. The predicted octanol–water partition coefficient (Wildman–Crippen LogP) is 1.41. The Morgan fingerprint density at radius 3 is 2.65 bits per heavy atom. The van der Waals surface area contributed by atoms with Crippen LogP contribution in [-0.4, -0.2) is 30.6 Å². The van der Waals surface area contributed by atoms with Crippen LogP contribution in [0.15, 0.2) is 10.4 Å². The van der Waals surface area contributed by atoms with Gasteiger partial charge in [0.2, 0.25) is 0 Å². The molecule has 0 amide bonds. The number of aliphatic imine (C=N–C) groups is 1. The zero-order valence-electron chi connectivity index (χ0n) is 11.1. The van der Waals surface area contributed by atoms with Crippen molar-refractivity contribution in [2.45, 2.75) is 32.9 Å². The van der Waals surface area contributed by atoms with Gasteiger partial charge in [-0.3, -0.25) is 0 Å². The lowest BCUT2D eigenvalue weighted by Gasteiger charge is -2.20. The standard InChI is InChI=1S/C11H21N5S/c1-11(2,3)15-9(12)13-6-8-7-17-10(14-8)16(4)5/h7H,6H2,1-5H3,(H3,12,13,15). The van der Waals surface area contributed by atoms with Gasteiger partial charge < -0.3 is 16.0 Å². The molecule has 0 unspecified atom stereocenters. The summed E-state index contributed by atoms with van der Waals surface area (Å²) in [7, 11) is 3.95. The third-order valence-electron chi connectivity index (χ3n) is 1.84. The number of aromatic nitrogens is 1. The molecule has 1 aromatic rings. The van der Waals surface area contributed by atoms with Gasteiger partial charge >= 0.3 is 0 Å². The Balaban J connectivity index is 2.57. The highest BCUT2D eigenvalue weighted by Gasteiger charge is 2.10. The number of rotatable bonds is 3. The van der Waals surface area contributed by atoms with Crippen molar-refractivity contribution in [2.24, 2.45) is 10.7 Å². The first-order chi connectivity index (χ1) is 7.78. The fourth-order valence-corrected chi connectivity index (χ4v) is 1.91. The van der Waals surface area contributed by atoms with Crippen LogP contribution in [-0.2, 0) is 6.54 Å². The monoisotopic (exact) mass is 255 g/mol. The number of hydrogen-bond donors (Lipinski definition) is 2. The smallest absolute Gasteiger partial charge is 0.189 e. The Bertz CT molecular complexity index is 389. The second-order valence-corrected chi connectivity index (χ2v) is 5.93. The SMILES string of the molecule is CN(C)c1nc(CN=C(N)NC(C)(C)C)cs1. The topological polar surface area (TPSA) is 66.5 Å². The molecular weight excluding hydrogens is 234 g/mol. The molecule has 0 fully saturated rings. The van der Waals surface area contributed by atoms with Crippen LogP contribution >= 0.6 is 11.3 Å². The predicted molar refractivity (Wildman–Crippen MR) is 74.7 cm³/mol. The van der Waals surface area contributed by atoms with Crippen LogP contribution in [0.2, 0.25) is 0 Å². The number of nitrogens with two attached hydrogens (primary N) is 1. The van der Waals surface area contributed by atoms with Crippen molar-refractivity contribution in [3.05, 3.63) is 11.1 Å². The van der Waals surface area contributed by atoms with Crippen LogP contribution in [0.5, 0.6) is 0 Å². The summed E-state index contributed by atoms with van der Waals surface area (Å²) in [4.78, 5) is 10.7. The van der Waals surface area contributed by atoms with Gasteiger partial charge in [-0.1, -0.05) is 0 Å². The van der Waals surface area contributed by atoms with Crippen molar-refractivity contribution in [3.63, 3.8) is 0 Å². The van der Waals surface area contributed by atoms with Crippen molar-refractivity contribution < 1.29 is 0 Å². The maximum Gasteiger partial charge on any atom is 0.189 e. The van der Waals surface area contributed by atoms with Gasteiger partial charge in [0.1, 0.15) is 0 Å². The van der Waals surface area contributed by atoms with E-state index in [1.54, 1.807) is 11.3 Å². The first-order valence-corrected chi connectivity index (χ1v) is 6.36. The molecule has 1 heterocycles. The van der Waals surface area contributed by atoms with E-state index in [0.29, 0.717) is 12.5 Å². The van der Waals surface area contributed by atoms with E-state index in [1.165, 1.54) is 0 Å². The second-order valence-electron chi connectivity index (χ2n) is 5.09. The number of nitrogens with one attached hydrogen (secondary N) is 1. The Kier molecular flexibility index (Phi) is 4.34. The van der Waals surface area contributed by atoms with E-state index < -0.39 is 0 Å². The highest BCUT2D eigenvalue weighted by atomic mass is 32.1. The number of anilines is 1. The molecule has 5 nitrogen and oxygen atoms in total. The molecule has 0 atom stereocenters. The Morgan fingerprint density at radius 1 is 1.53 bits per heavy atom. The molecule has 96 valence electrons. The third kappa shape index (κ3) is 5.04. The minimum absolute atomic E-state index is 0.0650. The Morgan fingerprint density at radius 2 is 2.18 bits per heavy atom. The van der Waals surface area contributed by atoms with Crippen molar-refractivity contribution in [1.29, 1.82) is 0 Å². The molecule has 0 aromatic carbocycles. The number of hydrogen-bond acceptors (Lipinski definition) is 4. The van der Waals surface area contributed by atoms with E-state index in [-0.39, 0.29) is 5.54 Å². The average Bonchev–Trinajstić information content (AvgIpc) is 2.60. The van der Waals surface area contributed by atoms with Gasteiger partial charge in [-0.15, -0.1) is 11.3 Å². The quantitative estimate of drug-likeness (QED) is 0.633. The lowest BCUT2D eigenvalue weighted by Crippen LogP contribution is -2.44. The fourth-order valence-electron chi connectivity index (χ4n) is 1.16. The maximum absolute atomic E-state index is 5.78. The lowest BCUT2D eigenvalue weighted by molar-refractivity contribution is 0.508. The molecule has 0 saturated heterocycles. The van der Waals surface area contributed by atoms with Gasteiger partial charge in [0, 0.05) is 25.0 Å². The molecule has 1 rings (SSSR count). The molecular formula is C11H21N5S. The average molecular weight is 255 g/mol.